The number of piperidine rings is 1. The first-order valence-corrected chi connectivity index (χ1v) is 13.3. The second-order valence-corrected chi connectivity index (χ2v) is 12.1. The van der Waals surface area contributed by atoms with E-state index in [2.05, 4.69) is 0 Å². The summed E-state index contributed by atoms with van der Waals surface area (Å²) in [5.74, 6) is 0. The Bertz CT molecular complexity index is 1270. The molecule has 1 aliphatic heterocycles. The van der Waals surface area contributed by atoms with Crippen LogP contribution in [0.4, 0.5) is 0 Å². The highest BCUT2D eigenvalue weighted by Gasteiger charge is 2.35. The first-order valence-electron chi connectivity index (χ1n) is 9.93. The lowest BCUT2D eigenvalue weighted by molar-refractivity contribution is 0.345. The molecule has 1 heterocycles. The lowest BCUT2D eigenvalue weighted by Crippen LogP contribution is -2.42. The summed E-state index contributed by atoms with van der Waals surface area (Å²) in [5, 5.41) is 0.0302. The summed E-state index contributed by atoms with van der Waals surface area (Å²) in [4.78, 5) is 0.483. The summed E-state index contributed by atoms with van der Waals surface area (Å²) in [6.07, 6.45) is 0.542. The molecule has 0 aromatic heterocycles. The fourth-order valence-electron chi connectivity index (χ4n) is 3.81. The van der Waals surface area contributed by atoms with E-state index in [1.54, 1.807) is 60.7 Å². The molecule has 1 saturated heterocycles. The summed E-state index contributed by atoms with van der Waals surface area (Å²) >= 11 is 5.94. The highest BCUT2D eigenvalue weighted by molar-refractivity contribution is 7.92. The summed E-state index contributed by atoms with van der Waals surface area (Å²) in [6.45, 7) is 0.342. The molecule has 162 valence electrons. The first-order chi connectivity index (χ1) is 14.8. The van der Waals surface area contributed by atoms with Gasteiger partial charge in [0.1, 0.15) is 0 Å². The Balaban J connectivity index is 1.52. The molecule has 8 heteroatoms. The van der Waals surface area contributed by atoms with E-state index in [0.717, 1.165) is 11.1 Å². The lowest BCUT2D eigenvalue weighted by Gasteiger charge is -2.31. The third-order valence-corrected chi connectivity index (χ3v) is 9.99. The van der Waals surface area contributed by atoms with Gasteiger partial charge >= 0.3 is 0 Å². The van der Waals surface area contributed by atoms with Crippen LogP contribution in [0.2, 0.25) is 5.02 Å². The highest BCUT2D eigenvalue weighted by atomic mass is 35.5. The second-order valence-electron chi connectivity index (χ2n) is 7.50. The number of hydrogen-bond donors (Lipinski definition) is 0. The number of hydrogen-bond acceptors (Lipinski definition) is 4. The molecule has 1 fully saturated rings. The summed E-state index contributed by atoms with van der Waals surface area (Å²) in [5.41, 5.74) is 1.65. The minimum absolute atomic E-state index is 0.171. The second kappa shape index (κ2) is 8.74. The predicted octanol–water partition coefficient (Wildman–Crippen LogP) is 4.63. The summed E-state index contributed by atoms with van der Waals surface area (Å²) < 4.78 is 53.5. The number of halogens is 1. The van der Waals surface area contributed by atoms with E-state index in [1.165, 1.54) is 4.31 Å². The Morgan fingerprint density at radius 2 is 1.32 bits per heavy atom. The van der Waals surface area contributed by atoms with Crippen LogP contribution in [-0.2, 0) is 19.9 Å². The van der Waals surface area contributed by atoms with Gasteiger partial charge in [0.05, 0.1) is 15.0 Å². The third kappa shape index (κ3) is 4.55. The van der Waals surface area contributed by atoms with Gasteiger partial charge in [-0.3, -0.25) is 0 Å². The van der Waals surface area contributed by atoms with Gasteiger partial charge in [0, 0.05) is 18.1 Å². The van der Waals surface area contributed by atoms with Gasteiger partial charge in [0.2, 0.25) is 10.0 Å². The van der Waals surface area contributed by atoms with Crippen molar-refractivity contribution in [2.45, 2.75) is 27.9 Å². The Labute approximate surface area is 188 Å². The Kier molecular flexibility index (Phi) is 6.21. The Morgan fingerprint density at radius 3 is 1.97 bits per heavy atom. The van der Waals surface area contributed by atoms with Gasteiger partial charge < -0.3 is 0 Å². The number of nitrogens with zero attached hydrogens (tertiary/aromatic N) is 1. The standard InChI is InChI=1S/C23H22ClNO4S2/c24-20-11-9-18(10-12-20)19-5-4-8-23(17-19)31(28,29)25-15-13-22(14-16-25)30(26,27)21-6-2-1-3-7-21/h1-12,17,22H,13-16H2. The number of benzene rings is 3. The quantitative estimate of drug-likeness (QED) is 0.539. The largest absolute Gasteiger partial charge is 0.243 e. The third-order valence-electron chi connectivity index (χ3n) is 5.56. The SMILES string of the molecule is O=S(=O)(c1ccccc1)C1CCN(S(=O)(=O)c2cccc(-c3ccc(Cl)cc3)c2)CC1. The van der Waals surface area contributed by atoms with Crippen LogP contribution in [0.3, 0.4) is 0 Å². The fourth-order valence-corrected chi connectivity index (χ4v) is 7.21. The predicted molar refractivity (Wildman–Crippen MR) is 122 cm³/mol. The van der Waals surface area contributed by atoms with Crippen LogP contribution in [0.25, 0.3) is 11.1 Å². The molecule has 0 amide bonds. The molecular weight excluding hydrogens is 454 g/mol. The van der Waals surface area contributed by atoms with E-state index in [-0.39, 0.29) is 35.7 Å². The average molecular weight is 476 g/mol. The highest BCUT2D eigenvalue weighted by Crippen LogP contribution is 2.29. The summed E-state index contributed by atoms with van der Waals surface area (Å²) in [6, 6.07) is 22.3. The fraction of sp³-hybridized carbons (Fsp3) is 0.217. The zero-order chi connectivity index (χ0) is 22.1. The van der Waals surface area contributed by atoms with Crippen LogP contribution in [-0.4, -0.2) is 39.5 Å². The van der Waals surface area contributed by atoms with Crippen LogP contribution in [0.5, 0.6) is 0 Å². The molecule has 0 radical (unpaired) electrons. The molecule has 31 heavy (non-hydrogen) atoms. The smallest absolute Gasteiger partial charge is 0.223 e. The van der Waals surface area contributed by atoms with Gasteiger partial charge in [-0.05, 0) is 60.4 Å². The lowest BCUT2D eigenvalue weighted by atomic mass is 10.1. The van der Waals surface area contributed by atoms with E-state index in [4.69, 9.17) is 11.6 Å². The van der Waals surface area contributed by atoms with E-state index in [0.29, 0.717) is 5.02 Å². The van der Waals surface area contributed by atoms with Gasteiger partial charge in [0.25, 0.3) is 0 Å². The van der Waals surface area contributed by atoms with Crippen LogP contribution in [0.1, 0.15) is 12.8 Å². The molecule has 0 unspecified atom stereocenters. The van der Waals surface area contributed by atoms with Gasteiger partial charge in [0.15, 0.2) is 9.84 Å². The first kappa shape index (κ1) is 22.0. The molecule has 0 atom stereocenters. The van der Waals surface area contributed by atoms with Crippen LogP contribution in [0.15, 0.2) is 88.7 Å². The van der Waals surface area contributed by atoms with Crippen molar-refractivity contribution >= 4 is 31.5 Å². The van der Waals surface area contributed by atoms with Crippen molar-refractivity contribution in [1.82, 2.24) is 4.31 Å². The normalized spacial score (nSPS) is 16.3. The molecule has 5 nitrogen and oxygen atoms in total. The molecule has 0 spiro atoms. The molecule has 1 aliphatic rings. The van der Waals surface area contributed by atoms with Crippen molar-refractivity contribution in [3.8, 4) is 11.1 Å². The molecule has 0 saturated carbocycles. The Morgan fingerprint density at radius 1 is 0.710 bits per heavy atom. The minimum Gasteiger partial charge on any atom is -0.223 e. The van der Waals surface area contributed by atoms with Crippen LogP contribution >= 0.6 is 11.6 Å². The van der Waals surface area contributed by atoms with Gasteiger partial charge in [-0.25, -0.2) is 16.8 Å². The molecular formula is C23H22ClNO4S2. The topological polar surface area (TPSA) is 71.5 Å². The number of sulfonamides is 1. The molecule has 0 bridgehead atoms. The van der Waals surface area contributed by atoms with Crippen molar-refractivity contribution in [3.05, 3.63) is 83.9 Å². The van der Waals surface area contributed by atoms with Gasteiger partial charge in [-0.2, -0.15) is 4.31 Å². The van der Waals surface area contributed by atoms with E-state index in [1.807, 2.05) is 18.2 Å². The van der Waals surface area contributed by atoms with E-state index >= 15 is 0 Å². The average Bonchev–Trinajstić information content (AvgIpc) is 2.80. The zero-order valence-corrected chi connectivity index (χ0v) is 19.1. The van der Waals surface area contributed by atoms with Gasteiger partial charge in [-0.15, -0.1) is 0 Å². The molecule has 3 aromatic carbocycles. The van der Waals surface area contributed by atoms with Gasteiger partial charge in [-0.1, -0.05) is 54.1 Å². The molecule has 4 rings (SSSR count). The molecule has 0 N–H and O–H groups in total. The van der Waals surface area contributed by atoms with E-state index < -0.39 is 25.1 Å². The number of rotatable bonds is 5. The maximum absolute atomic E-state index is 13.2. The zero-order valence-electron chi connectivity index (χ0n) is 16.7. The van der Waals surface area contributed by atoms with Crippen molar-refractivity contribution in [2.24, 2.45) is 0 Å². The minimum atomic E-state index is -3.72. The monoisotopic (exact) mass is 475 g/mol. The van der Waals surface area contributed by atoms with Crippen LogP contribution in [0, 0.1) is 0 Å². The van der Waals surface area contributed by atoms with Crippen molar-refractivity contribution < 1.29 is 16.8 Å². The molecule has 0 aliphatic carbocycles. The van der Waals surface area contributed by atoms with E-state index in [9.17, 15) is 16.8 Å². The maximum Gasteiger partial charge on any atom is 0.243 e. The molecule has 3 aromatic rings. The summed E-state index contributed by atoms with van der Waals surface area (Å²) in [7, 11) is -7.20. The Hall–Kier alpha value is -2.19. The van der Waals surface area contributed by atoms with Crippen molar-refractivity contribution in [1.29, 1.82) is 0 Å². The van der Waals surface area contributed by atoms with Crippen LogP contribution < -0.4 is 0 Å². The number of sulfone groups is 1. The maximum atomic E-state index is 13.2. The van der Waals surface area contributed by atoms with Crippen molar-refractivity contribution in [3.63, 3.8) is 0 Å². The van der Waals surface area contributed by atoms with Crippen molar-refractivity contribution in [2.75, 3.05) is 13.1 Å².